The standard InChI is InChI=1S/C21H19ClN4O3/c22-19-16-14(6-7-23-19)15(12-24-16)17(27)18-21(29-18)26-10-8-25(9-11-26)20(28)13-4-2-1-3-5-13/h1-7,12,18,21,24H,8-11H2. The SMILES string of the molecule is O=C(c1c[nH]c2c(Cl)nccc12)C1OC1N1CCN(C(=O)c2ccccc2)CC1. The number of nitrogens with one attached hydrogen (secondary N) is 1. The number of benzene rings is 1. The Morgan fingerprint density at radius 1 is 1.10 bits per heavy atom. The molecule has 2 unspecified atom stereocenters. The van der Waals surface area contributed by atoms with E-state index in [1.165, 1.54) is 0 Å². The van der Waals surface area contributed by atoms with E-state index in [1.807, 2.05) is 35.2 Å². The number of carbonyl (C=O) groups excluding carboxylic acids is 2. The Hall–Kier alpha value is -2.74. The van der Waals surface area contributed by atoms with Crippen LogP contribution in [0.2, 0.25) is 5.15 Å². The van der Waals surface area contributed by atoms with Crippen LogP contribution in [0.4, 0.5) is 0 Å². The molecule has 148 valence electrons. The first kappa shape index (κ1) is 18.3. The molecule has 0 spiro atoms. The van der Waals surface area contributed by atoms with Gasteiger partial charge in [-0.2, -0.15) is 0 Å². The Morgan fingerprint density at radius 2 is 1.86 bits per heavy atom. The minimum Gasteiger partial charge on any atom is -0.358 e. The average molecular weight is 411 g/mol. The number of carbonyl (C=O) groups is 2. The fraction of sp³-hybridized carbons (Fsp3) is 0.286. The number of amides is 1. The van der Waals surface area contributed by atoms with Crippen LogP contribution in [-0.2, 0) is 4.74 Å². The first-order valence-corrected chi connectivity index (χ1v) is 9.91. The van der Waals surface area contributed by atoms with Crippen molar-refractivity contribution in [3.63, 3.8) is 0 Å². The number of nitrogens with zero attached hydrogens (tertiary/aromatic N) is 3. The number of aromatic amines is 1. The second kappa shape index (κ2) is 7.26. The molecule has 0 saturated carbocycles. The fourth-order valence-electron chi connectivity index (χ4n) is 3.89. The quantitative estimate of drug-likeness (QED) is 0.406. The van der Waals surface area contributed by atoms with E-state index in [9.17, 15) is 9.59 Å². The molecule has 2 aromatic heterocycles. The van der Waals surface area contributed by atoms with E-state index in [2.05, 4.69) is 14.9 Å². The van der Waals surface area contributed by atoms with Gasteiger partial charge in [-0.05, 0) is 18.2 Å². The highest BCUT2D eigenvalue weighted by atomic mass is 35.5. The number of ether oxygens (including phenoxy) is 1. The number of piperazine rings is 1. The van der Waals surface area contributed by atoms with Gasteiger partial charge in [-0.25, -0.2) is 4.98 Å². The van der Waals surface area contributed by atoms with Crippen molar-refractivity contribution in [2.24, 2.45) is 0 Å². The maximum absolute atomic E-state index is 12.9. The van der Waals surface area contributed by atoms with E-state index in [4.69, 9.17) is 16.3 Å². The molecule has 0 bridgehead atoms. The van der Waals surface area contributed by atoms with Gasteiger partial charge < -0.3 is 14.6 Å². The van der Waals surface area contributed by atoms with E-state index in [-0.39, 0.29) is 17.9 Å². The molecule has 1 N–H and O–H groups in total. The van der Waals surface area contributed by atoms with Crippen LogP contribution < -0.4 is 0 Å². The summed E-state index contributed by atoms with van der Waals surface area (Å²) in [5.41, 5.74) is 1.92. The van der Waals surface area contributed by atoms with E-state index in [1.54, 1.807) is 18.5 Å². The first-order valence-electron chi connectivity index (χ1n) is 9.53. The highest BCUT2D eigenvalue weighted by molar-refractivity contribution is 6.34. The summed E-state index contributed by atoms with van der Waals surface area (Å²) < 4.78 is 5.71. The summed E-state index contributed by atoms with van der Waals surface area (Å²) in [4.78, 5) is 36.5. The van der Waals surface area contributed by atoms with Crippen molar-refractivity contribution in [1.82, 2.24) is 19.8 Å². The van der Waals surface area contributed by atoms with Crippen LogP contribution >= 0.6 is 11.6 Å². The third-order valence-corrected chi connectivity index (χ3v) is 5.82. The van der Waals surface area contributed by atoms with Crippen LogP contribution in [0.1, 0.15) is 20.7 Å². The second-order valence-corrected chi connectivity index (χ2v) is 7.59. The van der Waals surface area contributed by atoms with Gasteiger partial charge in [-0.15, -0.1) is 0 Å². The van der Waals surface area contributed by atoms with Crippen molar-refractivity contribution in [3.05, 3.63) is 65.1 Å². The number of rotatable bonds is 4. The summed E-state index contributed by atoms with van der Waals surface area (Å²) in [5.74, 6) is -0.0230. The number of halogens is 1. The number of Topliss-reactive ketones (excluding diaryl/α,β-unsaturated/α-hetero) is 1. The lowest BCUT2D eigenvalue weighted by Gasteiger charge is -2.34. The lowest BCUT2D eigenvalue weighted by atomic mass is 10.1. The van der Waals surface area contributed by atoms with E-state index >= 15 is 0 Å². The van der Waals surface area contributed by atoms with Gasteiger partial charge in [-0.3, -0.25) is 14.5 Å². The Kier molecular flexibility index (Phi) is 4.58. The minimum atomic E-state index is -0.489. The predicted octanol–water partition coefficient (Wildman–Crippen LogP) is 2.58. The van der Waals surface area contributed by atoms with Crippen molar-refractivity contribution in [1.29, 1.82) is 0 Å². The summed E-state index contributed by atoms with van der Waals surface area (Å²) in [7, 11) is 0. The maximum atomic E-state index is 12.9. The number of fused-ring (bicyclic) bond motifs is 1. The molecule has 0 aliphatic carbocycles. The molecule has 7 nitrogen and oxygen atoms in total. The molecule has 29 heavy (non-hydrogen) atoms. The molecule has 1 aromatic carbocycles. The molecule has 2 aliphatic rings. The zero-order valence-electron chi connectivity index (χ0n) is 15.5. The Bertz CT molecular complexity index is 1080. The molecule has 2 fully saturated rings. The van der Waals surface area contributed by atoms with Crippen LogP contribution in [0.15, 0.2) is 48.8 Å². The normalized spacial score (nSPS) is 22.0. The van der Waals surface area contributed by atoms with Crippen LogP contribution in [0.3, 0.4) is 0 Å². The zero-order chi connectivity index (χ0) is 20.0. The van der Waals surface area contributed by atoms with Crippen LogP contribution in [0, 0.1) is 0 Å². The fourth-order valence-corrected chi connectivity index (χ4v) is 4.11. The van der Waals surface area contributed by atoms with Crippen molar-refractivity contribution < 1.29 is 14.3 Å². The van der Waals surface area contributed by atoms with Gasteiger partial charge >= 0.3 is 0 Å². The molecular weight excluding hydrogens is 392 g/mol. The molecule has 5 rings (SSSR count). The van der Waals surface area contributed by atoms with Gasteiger partial charge in [0.2, 0.25) is 0 Å². The molecular formula is C21H19ClN4O3. The van der Waals surface area contributed by atoms with Crippen LogP contribution in [0.5, 0.6) is 0 Å². The minimum absolute atomic E-state index is 0.0406. The molecule has 4 heterocycles. The van der Waals surface area contributed by atoms with Gasteiger partial charge in [0.15, 0.2) is 17.0 Å². The number of pyridine rings is 1. The van der Waals surface area contributed by atoms with Crippen LogP contribution in [0.25, 0.3) is 10.9 Å². The Morgan fingerprint density at radius 3 is 2.62 bits per heavy atom. The van der Waals surface area contributed by atoms with Gasteiger partial charge in [0, 0.05) is 55.1 Å². The zero-order valence-corrected chi connectivity index (χ0v) is 16.3. The highest BCUT2D eigenvalue weighted by Gasteiger charge is 2.50. The predicted molar refractivity (Wildman–Crippen MR) is 108 cm³/mol. The van der Waals surface area contributed by atoms with Crippen molar-refractivity contribution in [2.45, 2.75) is 12.3 Å². The molecule has 1 amide bonds. The summed E-state index contributed by atoms with van der Waals surface area (Å²) >= 11 is 6.08. The number of H-pyrrole nitrogens is 1. The molecule has 2 atom stereocenters. The molecule has 0 radical (unpaired) electrons. The van der Waals surface area contributed by atoms with E-state index in [0.717, 1.165) is 5.39 Å². The lowest BCUT2D eigenvalue weighted by molar-refractivity contribution is 0.0561. The Balaban J connectivity index is 1.22. The van der Waals surface area contributed by atoms with Crippen molar-refractivity contribution >= 4 is 34.2 Å². The summed E-state index contributed by atoms with van der Waals surface area (Å²) in [5, 5.41) is 1.09. The monoisotopic (exact) mass is 410 g/mol. The lowest BCUT2D eigenvalue weighted by Crippen LogP contribution is -2.50. The third-order valence-electron chi connectivity index (χ3n) is 5.53. The molecule has 2 saturated heterocycles. The summed E-state index contributed by atoms with van der Waals surface area (Å²) in [6.07, 6.45) is 2.52. The smallest absolute Gasteiger partial charge is 0.253 e. The summed E-state index contributed by atoms with van der Waals surface area (Å²) in [6, 6.07) is 11.1. The number of epoxide rings is 1. The third kappa shape index (κ3) is 3.31. The number of aromatic nitrogens is 2. The molecule has 2 aliphatic heterocycles. The summed E-state index contributed by atoms with van der Waals surface area (Å²) in [6.45, 7) is 2.58. The average Bonchev–Trinajstić information content (AvgIpc) is 3.45. The van der Waals surface area contributed by atoms with Crippen molar-refractivity contribution in [3.8, 4) is 0 Å². The number of hydrogen-bond donors (Lipinski definition) is 1. The van der Waals surface area contributed by atoms with Gasteiger partial charge in [0.1, 0.15) is 6.23 Å². The second-order valence-electron chi connectivity index (χ2n) is 7.23. The molecule has 3 aromatic rings. The van der Waals surface area contributed by atoms with E-state index < -0.39 is 6.10 Å². The maximum Gasteiger partial charge on any atom is 0.253 e. The Labute approximate surface area is 172 Å². The van der Waals surface area contributed by atoms with Crippen LogP contribution in [-0.4, -0.2) is 70.0 Å². The van der Waals surface area contributed by atoms with Gasteiger partial charge in [0.05, 0.1) is 5.52 Å². The largest absolute Gasteiger partial charge is 0.358 e. The van der Waals surface area contributed by atoms with Gasteiger partial charge in [0.25, 0.3) is 5.91 Å². The van der Waals surface area contributed by atoms with E-state index in [0.29, 0.717) is 48.0 Å². The topological polar surface area (TPSA) is 81.8 Å². The van der Waals surface area contributed by atoms with Crippen molar-refractivity contribution in [2.75, 3.05) is 26.2 Å². The number of hydrogen-bond acceptors (Lipinski definition) is 5. The molecule has 8 heteroatoms. The first-order chi connectivity index (χ1) is 14.1. The van der Waals surface area contributed by atoms with Gasteiger partial charge in [-0.1, -0.05) is 29.8 Å². The number of ketones is 1. The highest BCUT2D eigenvalue weighted by Crippen LogP contribution is 2.33.